The maximum Gasteiger partial charge on any atom is 0.124 e. The zero-order valence-corrected chi connectivity index (χ0v) is 12.3. The fraction of sp³-hybridized carbons (Fsp3) is 0.562. The van der Waals surface area contributed by atoms with E-state index in [4.69, 9.17) is 11.1 Å². The van der Waals surface area contributed by atoms with Crippen LogP contribution < -0.4 is 10.6 Å². The minimum atomic E-state index is 0.166. The average Bonchev–Trinajstić information content (AvgIpc) is 2.39. The van der Waals surface area contributed by atoms with Gasteiger partial charge in [-0.1, -0.05) is 26.3 Å². The van der Waals surface area contributed by atoms with Gasteiger partial charge in [-0.25, -0.2) is 0 Å². The number of piperidine rings is 1. The highest BCUT2D eigenvalue weighted by molar-refractivity contribution is 6.00. The predicted octanol–water partition coefficient (Wildman–Crippen LogP) is 3.30. The molecule has 1 aromatic rings. The largest absolute Gasteiger partial charge is 0.384 e. The number of benzene rings is 1. The van der Waals surface area contributed by atoms with E-state index in [1.807, 2.05) is 12.1 Å². The summed E-state index contributed by atoms with van der Waals surface area (Å²) in [6, 6.07) is 6.16. The van der Waals surface area contributed by atoms with Crippen LogP contribution in [0.25, 0.3) is 0 Å². The highest BCUT2D eigenvalue weighted by Gasteiger charge is 2.29. The quantitative estimate of drug-likeness (QED) is 0.646. The standard InChI is InChI=1S/C16H25N3/c1-4-16(3)7-9-19(10-8-16)14-11-12(2)5-6-13(14)15(17)18/h5-6,11H,4,7-10H2,1-3H3,(H3,17,18). The summed E-state index contributed by atoms with van der Waals surface area (Å²) >= 11 is 0. The molecule has 0 unspecified atom stereocenters. The summed E-state index contributed by atoms with van der Waals surface area (Å²) in [5, 5.41) is 7.73. The highest BCUT2D eigenvalue weighted by atomic mass is 15.1. The first kappa shape index (κ1) is 13.9. The lowest BCUT2D eigenvalue weighted by Gasteiger charge is -2.40. The van der Waals surface area contributed by atoms with Gasteiger partial charge in [0.05, 0.1) is 0 Å². The topological polar surface area (TPSA) is 53.1 Å². The molecule has 3 N–H and O–H groups in total. The summed E-state index contributed by atoms with van der Waals surface area (Å²) in [6.07, 6.45) is 3.68. The molecule has 0 spiro atoms. The number of nitrogens with zero attached hydrogens (tertiary/aromatic N) is 1. The number of anilines is 1. The van der Waals surface area contributed by atoms with Gasteiger partial charge in [0.1, 0.15) is 5.84 Å². The molecular formula is C16H25N3. The molecule has 0 saturated carbocycles. The van der Waals surface area contributed by atoms with Gasteiger partial charge in [0, 0.05) is 24.3 Å². The van der Waals surface area contributed by atoms with E-state index in [0.717, 1.165) is 24.3 Å². The maximum absolute atomic E-state index is 7.73. The first-order valence-electron chi connectivity index (χ1n) is 7.15. The third-order valence-electron chi connectivity index (χ3n) is 4.61. The van der Waals surface area contributed by atoms with E-state index in [9.17, 15) is 0 Å². The smallest absolute Gasteiger partial charge is 0.124 e. The molecule has 0 radical (unpaired) electrons. The molecule has 1 fully saturated rings. The summed E-state index contributed by atoms with van der Waals surface area (Å²) < 4.78 is 0. The van der Waals surface area contributed by atoms with Gasteiger partial charge in [-0.05, 0) is 42.9 Å². The molecule has 0 atom stereocenters. The predicted molar refractivity (Wildman–Crippen MR) is 82.0 cm³/mol. The van der Waals surface area contributed by atoms with Crippen LogP contribution in [0.1, 0.15) is 44.2 Å². The summed E-state index contributed by atoms with van der Waals surface area (Å²) in [5.41, 5.74) is 9.41. The second kappa shape index (κ2) is 5.24. The van der Waals surface area contributed by atoms with Crippen molar-refractivity contribution in [3.63, 3.8) is 0 Å². The van der Waals surface area contributed by atoms with Crippen LogP contribution in [0.5, 0.6) is 0 Å². The Balaban J connectivity index is 2.24. The first-order valence-corrected chi connectivity index (χ1v) is 7.15. The van der Waals surface area contributed by atoms with E-state index < -0.39 is 0 Å². The minimum absolute atomic E-state index is 0.166. The minimum Gasteiger partial charge on any atom is -0.384 e. The van der Waals surface area contributed by atoms with E-state index in [0.29, 0.717) is 5.41 Å². The number of amidine groups is 1. The van der Waals surface area contributed by atoms with Crippen molar-refractivity contribution in [2.45, 2.75) is 40.0 Å². The van der Waals surface area contributed by atoms with Crippen molar-refractivity contribution in [1.29, 1.82) is 5.41 Å². The Hall–Kier alpha value is -1.51. The third-order valence-corrected chi connectivity index (χ3v) is 4.61. The molecule has 19 heavy (non-hydrogen) atoms. The molecule has 1 saturated heterocycles. The molecule has 1 aliphatic rings. The van der Waals surface area contributed by atoms with Crippen molar-refractivity contribution >= 4 is 11.5 Å². The van der Waals surface area contributed by atoms with Gasteiger partial charge in [0.25, 0.3) is 0 Å². The Labute approximate surface area is 116 Å². The van der Waals surface area contributed by atoms with Crippen molar-refractivity contribution < 1.29 is 0 Å². The highest BCUT2D eigenvalue weighted by Crippen LogP contribution is 2.36. The molecular weight excluding hydrogens is 234 g/mol. The van der Waals surface area contributed by atoms with Gasteiger partial charge in [0.2, 0.25) is 0 Å². The molecule has 0 amide bonds. The van der Waals surface area contributed by atoms with Crippen LogP contribution in [0, 0.1) is 17.7 Å². The number of nitrogens with one attached hydrogen (secondary N) is 1. The van der Waals surface area contributed by atoms with Gasteiger partial charge in [-0.15, -0.1) is 0 Å². The molecule has 3 heteroatoms. The Morgan fingerprint density at radius 1 is 1.37 bits per heavy atom. The van der Waals surface area contributed by atoms with E-state index in [-0.39, 0.29) is 5.84 Å². The first-order chi connectivity index (χ1) is 8.95. The normalized spacial score (nSPS) is 18.4. The molecule has 1 aromatic carbocycles. The lowest BCUT2D eigenvalue weighted by Crippen LogP contribution is -2.39. The summed E-state index contributed by atoms with van der Waals surface area (Å²) in [5.74, 6) is 0.166. The van der Waals surface area contributed by atoms with E-state index in [2.05, 4.69) is 31.7 Å². The van der Waals surface area contributed by atoms with Crippen LogP contribution in [-0.4, -0.2) is 18.9 Å². The molecule has 2 rings (SSSR count). The van der Waals surface area contributed by atoms with Crippen LogP contribution >= 0.6 is 0 Å². The van der Waals surface area contributed by atoms with Gasteiger partial charge in [-0.3, -0.25) is 5.41 Å². The molecule has 1 aliphatic heterocycles. The number of hydrogen-bond acceptors (Lipinski definition) is 2. The van der Waals surface area contributed by atoms with E-state index >= 15 is 0 Å². The zero-order valence-electron chi connectivity index (χ0n) is 12.3. The Kier molecular flexibility index (Phi) is 3.83. The van der Waals surface area contributed by atoms with Crippen molar-refractivity contribution in [1.82, 2.24) is 0 Å². The monoisotopic (exact) mass is 259 g/mol. The summed E-state index contributed by atoms with van der Waals surface area (Å²) in [4.78, 5) is 2.39. The van der Waals surface area contributed by atoms with Crippen LogP contribution in [0.4, 0.5) is 5.69 Å². The Morgan fingerprint density at radius 3 is 2.53 bits per heavy atom. The molecule has 0 bridgehead atoms. The number of rotatable bonds is 3. The van der Waals surface area contributed by atoms with E-state index in [1.165, 1.54) is 24.8 Å². The number of hydrogen-bond donors (Lipinski definition) is 2. The number of nitrogens with two attached hydrogens (primary N) is 1. The summed E-state index contributed by atoms with van der Waals surface area (Å²) in [6.45, 7) is 8.88. The van der Waals surface area contributed by atoms with Gasteiger partial charge in [0.15, 0.2) is 0 Å². The zero-order chi connectivity index (χ0) is 14.0. The molecule has 3 nitrogen and oxygen atoms in total. The van der Waals surface area contributed by atoms with Crippen LogP contribution in [0.2, 0.25) is 0 Å². The lowest BCUT2D eigenvalue weighted by molar-refractivity contribution is 0.238. The number of aryl methyl sites for hydroxylation is 1. The lowest BCUT2D eigenvalue weighted by atomic mass is 9.78. The molecule has 104 valence electrons. The third kappa shape index (κ3) is 2.91. The van der Waals surface area contributed by atoms with Crippen LogP contribution in [0.15, 0.2) is 18.2 Å². The fourth-order valence-electron chi connectivity index (χ4n) is 2.77. The molecule has 0 aromatic heterocycles. The number of nitrogen functional groups attached to an aromatic ring is 1. The van der Waals surface area contributed by atoms with Crippen molar-refractivity contribution in [3.05, 3.63) is 29.3 Å². The second-order valence-corrected chi connectivity index (χ2v) is 6.09. The Bertz CT molecular complexity index is 471. The van der Waals surface area contributed by atoms with E-state index in [1.54, 1.807) is 0 Å². The second-order valence-electron chi connectivity index (χ2n) is 6.09. The Morgan fingerprint density at radius 2 is 2.00 bits per heavy atom. The van der Waals surface area contributed by atoms with Crippen LogP contribution in [0.3, 0.4) is 0 Å². The molecule has 0 aliphatic carbocycles. The molecule has 1 heterocycles. The van der Waals surface area contributed by atoms with Gasteiger partial charge in [-0.2, -0.15) is 0 Å². The average molecular weight is 259 g/mol. The van der Waals surface area contributed by atoms with Crippen molar-refractivity contribution in [2.24, 2.45) is 11.1 Å². The maximum atomic E-state index is 7.73. The van der Waals surface area contributed by atoms with Crippen LogP contribution in [-0.2, 0) is 0 Å². The summed E-state index contributed by atoms with van der Waals surface area (Å²) in [7, 11) is 0. The van der Waals surface area contributed by atoms with Gasteiger partial charge >= 0.3 is 0 Å². The van der Waals surface area contributed by atoms with Crippen molar-refractivity contribution in [3.8, 4) is 0 Å². The fourth-order valence-corrected chi connectivity index (χ4v) is 2.77. The SMILES string of the molecule is CCC1(C)CCN(c2cc(C)ccc2C(=N)N)CC1. The van der Waals surface area contributed by atoms with Gasteiger partial charge < -0.3 is 10.6 Å². The van der Waals surface area contributed by atoms with Crippen molar-refractivity contribution in [2.75, 3.05) is 18.0 Å².